The first kappa shape index (κ1) is 23.4. The average Bonchev–Trinajstić information content (AvgIpc) is 3.17. The van der Waals surface area contributed by atoms with Gasteiger partial charge in [0.1, 0.15) is 0 Å². The minimum absolute atomic E-state index is 0.175. The van der Waals surface area contributed by atoms with Crippen LogP contribution in [-0.2, 0) is 11.3 Å². The van der Waals surface area contributed by atoms with Crippen LogP contribution in [0.5, 0.6) is 11.5 Å². The zero-order chi connectivity index (χ0) is 24.1. The summed E-state index contributed by atoms with van der Waals surface area (Å²) in [6.07, 6.45) is 0. The molecule has 176 valence electrons. The molecule has 6 nitrogen and oxygen atoms in total. The van der Waals surface area contributed by atoms with Crippen LogP contribution in [0.3, 0.4) is 0 Å². The predicted molar refractivity (Wildman–Crippen MR) is 138 cm³/mol. The third kappa shape index (κ3) is 5.07. The van der Waals surface area contributed by atoms with Gasteiger partial charge < -0.3 is 25.4 Å². The van der Waals surface area contributed by atoms with Crippen LogP contribution in [0.2, 0.25) is 0 Å². The predicted octanol–water partition coefficient (Wildman–Crippen LogP) is 5.38. The van der Waals surface area contributed by atoms with Gasteiger partial charge in [-0.25, -0.2) is 0 Å². The number of methoxy groups -OCH3 is 2. The Bertz CT molecular complexity index is 1190. The van der Waals surface area contributed by atoms with Crippen molar-refractivity contribution in [3.8, 4) is 11.5 Å². The van der Waals surface area contributed by atoms with E-state index >= 15 is 0 Å². The van der Waals surface area contributed by atoms with Crippen molar-refractivity contribution in [3.63, 3.8) is 0 Å². The summed E-state index contributed by atoms with van der Waals surface area (Å²) in [7, 11) is 3.17. The van der Waals surface area contributed by atoms with E-state index in [-0.39, 0.29) is 5.91 Å². The molecule has 0 spiro atoms. The lowest BCUT2D eigenvalue weighted by atomic mass is 9.99. The summed E-state index contributed by atoms with van der Waals surface area (Å²) >= 11 is 0. The van der Waals surface area contributed by atoms with Gasteiger partial charge in [0.05, 0.1) is 31.2 Å². The van der Waals surface area contributed by atoms with Crippen molar-refractivity contribution in [3.05, 3.63) is 83.4 Å². The van der Waals surface area contributed by atoms with E-state index in [2.05, 4.69) is 41.9 Å². The number of fused-ring (bicyclic) bond motifs is 1. The second-order valence-corrected chi connectivity index (χ2v) is 8.67. The smallest absolute Gasteiger partial charge is 0.258 e. The number of rotatable bonds is 9. The normalized spacial score (nSPS) is 14.0. The van der Waals surface area contributed by atoms with Crippen LogP contribution < -0.4 is 25.4 Å². The van der Waals surface area contributed by atoms with Crippen LogP contribution in [0.1, 0.15) is 30.5 Å². The van der Waals surface area contributed by atoms with Gasteiger partial charge in [-0.05, 0) is 41.8 Å². The number of carbonyl (C=O) groups is 1. The van der Waals surface area contributed by atoms with Gasteiger partial charge in [-0.2, -0.15) is 0 Å². The van der Waals surface area contributed by atoms with E-state index in [4.69, 9.17) is 9.47 Å². The second kappa shape index (κ2) is 10.4. The number of carbonyl (C=O) groups excluding carboxylic acids is 1. The first-order valence-electron chi connectivity index (χ1n) is 11.4. The first-order valence-corrected chi connectivity index (χ1v) is 11.4. The number of anilines is 2. The highest BCUT2D eigenvalue weighted by atomic mass is 16.5. The molecule has 1 heterocycles. The highest BCUT2D eigenvalue weighted by Gasteiger charge is 2.30. The number of nitrogens with one attached hydrogen (secondary N) is 3. The van der Waals surface area contributed by atoms with Gasteiger partial charge >= 0.3 is 0 Å². The molecule has 6 heteroatoms. The van der Waals surface area contributed by atoms with Crippen molar-refractivity contribution in [2.75, 3.05) is 31.4 Å². The Morgan fingerprint density at radius 1 is 0.941 bits per heavy atom. The molecule has 3 aromatic rings. The Labute approximate surface area is 201 Å². The molecule has 0 fully saturated rings. The molecular formula is C28H31N3O3. The maximum Gasteiger partial charge on any atom is 0.258 e. The lowest BCUT2D eigenvalue weighted by Gasteiger charge is -2.16. The van der Waals surface area contributed by atoms with E-state index in [1.165, 1.54) is 5.56 Å². The molecule has 3 N–H and O–H groups in total. The minimum atomic E-state index is -0.175. The second-order valence-electron chi connectivity index (χ2n) is 8.67. The summed E-state index contributed by atoms with van der Waals surface area (Å²) in [6, 6.07) is 21.8. The third-order valence-electron chi connectivity index (χ3n) is 5.69. The molecule has 1 amide bonds. The molecule has 0 unspecified atom stereocenters. The third-order valence-corrected chi connectivity index (χ3v) is 5.69. The Morgan fingerprint density at radius 2 is 1.62 bits per heavy atom. The van der Waals surface area contributed by atoms with E-state index in [1.54, 1.807) is 20.3 Å². The Kier molecular flexibility index (Phi) is 7.18. The lowest BCUT2D eigenvalue weighted by Crippen LogP contribution is -2.18. The van der Waals surface area contributed by atoms with E-state index in [1.807, 2.05) is 48.5 Å². The Morgan fingerprint density at radius 3 is 2.26 bits per heavy atom. The largest absolute Gasteiger partial charge is 0.493 e. The zero-order valence-electron chi connectivity index (χ0n) is 20.1. The molecule has 1 aliphatic heterocycles. The molecule has 0 atom stereocenters. The van der Waals surface area contributed by atoms with Crippen molar-refractivity contribution in [2.24, 2.45) is 5.92 Å². The highest BCUT2D eigenvalue weighted by molar-refractivity contribution is 6.37. The standard InChI is InChI=1S/C28H31N3O3/c1-18(2)16-29-17-19-10-12-21(13-11-19)30-27(20-8-6-5-7-9-20)26-22-14-24(33-3)25(34-4)15-23(22)31-28(26)32/h5-15,18,29-30H,16-17H2,1-4H3,(H,31,32)/b27-26-. The van der Waals surface area contributed by atoms with Gasteiger partial charge in [-0.15, -0.1) is 0 Å². The van der Waals surface area contributed by atoms with Gasteiger partial charge in [0.25, 0.3) is 5.91 Å². The zero-order valence-corrected chi connectivity index (χ0v) is 20.1. The monoisotopic (exact) mass is 457 g/mol. The summed E-state index contributed by atoms with van der Waals surface area (Å²) in [6.45, 7) is 6.19. The quantitative estimate of drug-likeness (QED) is 0.376. The van der Waals surface area contributed by atoms with Crippen molar-refractivity contribution in [2.45, 2.75) is 20.4 Å². The highest BCUT2D eigenvalue weighted by Crippen LogP contribution is 2.43. The molecular weight excluding hydrogens is 426 g/mol. The number of ether oxygens (including phenoxy) is 2. The first-order chi connectivity index (χ1) is 16.5. The summed E-state index contributed by atoms with van der Waals surface area (Å²) < 4.78 is 10.9. The van der Waals surface area contributed by atoms with Crippen LogP contribution in [-0.4, -0.2) is 26.7 Å². The Hall–Kier alpha value is -3.77. The van der Waals surface area contributed by atoms with Crippen LogP contribution in [0.4, 0.5) is 11.4 Å². The number of amides is 1. The van der Waals surface area contributed by atoms with Crippen LogP contribution in [0.25, 0.3) is 11.3 Å². The van der Waals surface area contributed by atoms with Crippen molar-refractivity contribution >= 4 is 28.6 Å². The topological polar surface area (TPSA) is 71.6 Å². The molecule has 0 radical (unpaired) electrons. The van der Waals surface area contributed by atoms with Crippen molar-refractivity contribution in [1.29, 1.82) is 0 Å². The average molecular weight is 458 g/mol. The molecule has 4 rings (SSSR count). The minimum Gasteiger partial charge on any atom is -0.493 e. The summed E-state index contributed by atoms with van der Waals surface area (Å²) in [5.74, 6) is 1.57. The number of benzene rings is 3. The molecule has 0 saturated heterocycles. The maximum absolute atomic E-state index is 13.2. The van der Waals surface area contributed by atoms with E-state index in [9.17, 15) is 4.79 Å². The van der Waals surface area contributed by atoms with Crippen molar-refractivity contribution in [1.82, 2.24) is 5.32 Å². The summed E-state index contributed by atoms with van der Waals surface area (Å²) in [5.41, 5.74) is 5.78. The molecule has 0 bridgehead atoms. The fourth-order valence-electron chi connectivity index (χ4n) is 3.98. The van der Waals surface area contributed by atoms with E-state index in [0.29, 0.717) is 28.7 Å². The number of hydrogen-bond donors (Lipinski definition) is 3. The van der Waals surface area contributed by atoms with E-state index < -0.39 is 0 Å². The summed E-state index contributed by atoms with van der Waals surface area (Å²) in [5, 5.41) is 9.94. The molecule has 3 aromatic carbocycles. The fraction of sp³-hybridized carbons (Fsp3) is 0.250. The fourth-order valence-corrected chi connectivity index (χ4v) is 3.98. The van der Waals surface area contributed by atoms with Gasteiger partial charge in [0.2, 0.25) is 0 Å². The van der Waals surface area contributed by atoms with Gasteiger partial charge in [-0.3, -0.25) is 4.79 Å². The molecule has 0 aromatic heterocycles. The Balaban J connectivity index is 1.72. The summed E-state index contributed by atoms with van der Waals surface area (Å²) in [4.78, 5) is 13.2. The number of hydrogen-bond acceptors (Lipinski definition) is 5. The SMILES string of the molecule is COc1cc2c(cc1OC)/C(=C(/Nc1ccc(CNCC(C)C)cc1)c1ccccc1)C(=O)N2. The molecule has 0 saturated carbocycles. The molecule has 34 heavy (non-hydrogen) atoms. The maximum atomic E-state index is 13.2. The van der Waals surface area contributed by atoms with Gasteiger partial charge in [0, 0.05) is 23.9 Å². The van der Waals surface area contributed by atoms with E-state index in [0.717, 1.165) is 35.6 Å². The molecule has 0 aliphatic carbocycles. The van der Waals surface area contributed by atoms with Gasteiger partial charge in [0.15, 0.2) is 11.5 Å². The molecule has 1 aliphatic rings. The van der Waals surface area contributed by atoms with Crippen LogP contribution >= 0.6 is 0 Å². The lowest BCUT2D eigenvalue weighted by molar-refractivity contribution is -0.110. The van der Waals surface area contributed by atoms with Crippen molar-refractivity contribution < 1.29 is 14.3 Å². The van der Waals surface area contributed by atoms with Crippen LogP contribution in [0.15, 0.2) is 66.7 Å². The van der Waals surface area contributed by atoms with Crippen LogP contribution in [0, 0.1) is 5.92 Å². The van der Waals surface area contributed by atoms with Gasteiger partial charge in [-0.1, -0.05) is 56.3 Å².